The van der Waals surface area contributed by atoms with Gasteiger partial charge in [0.2, 0.25) is 5.91 Å². The molecule has 2 N–H and O–H groups in total. The summed E-state index contributed by atoms with van der Waals surface area (Å²) < 4.78 is 29.6. The molecule has 10 heteroatoms. The molecule has 4 rings (SSSR count). The minimum Gasteiger partial charge on any atom is -0.497 e. The number of hydrogen-bond donors (Lipinski definition) is 2. The number of methoxy groups -OCH3 is 2. The molecule has 2 heterocycles. The van der Waals surface area contributed by atoms with Crippen LogP contribution in [0.1, 0.15) is 12.8 Å². The van der Waals surface area contributed by atoms with Gasteiger partial charge in [0.15, 0.2) is 0 Å². The standard InChI is InChI=1S/C28H38FN3O6/c1-36-17-26(33)32-15-14-30(19-28(35,20-32)21-38-25-5-3-4-22(29)16-25)18-27(34)10-12-31(13-11-27)23-6-8-24(37-2)9-7-23/h3-9,16,34-35H,10-15,17-21H2,1-2H3. The fourth-order valence-corrected chi connectivity index (χ4v) is 5.22. The highest BCUT2D eigenvalue weighted by molar-refractivity contribution is 5.77. The highest BCUT2D eigenvalue weighted by atomic mass is 19.1. The van der Waals surface area contributed by atoms with Crippen LogP contribution in [-0.4, -0.2) is 110 Å². The Bertz CT molecular complexity index is 1060. The first-order chi connectivity index (χ1) is 18.2. The topological polar surface area (TPSA) is 94.9 Å². The van der Waals surface area contributed by atoms with E-state index in [1.54, 1.807) is 18.1 Å². The van der Waals surface area contributed by atoms with Crippen LogP contribution in [0.5, 0.6) is 11.5 Å². The third-order valence-corrected chi connectivity index (χ3v) is 7.26. The molecule has 1 atom stereocenters. The van der Waals surface area contributed by atoms with Crippen LogP contribution >= 0.6 is 0 Å². The molecule has 2 aromatic carbocycles. The third-order valence-electron chi connectivity index (χ3n) is 7.26. The summed E-state index contributed by atoms with van der Waals surface area (Å²) in [5, 5.41) is 23.1. The predicted molar refractivity (Wildman–Crippen MR) is 141 cm³/mol. The molecule has 2 aliphatic rings. The molecule has 2 fully saturated rings. The van der Waals surface area contributed by atoms with Gasteiger partial charge >= 0.3 is 0 Å². The van der Waals surface area contributed by atoms with Crippen molar-refractivity contribution >= 4 is 11.6 Å². The average Bonchev–Trinajstić information content (AvgIpc) is 3.07. The Kier molecular flexibility index (Phi) is 9.09. The van der Waals surface area contributed by atoms with Crippen molar-refractivity contribution in [3.63, 3.8) is 0 Å². The molecule has 1 amide bonds. The van der Waals surface area contributed by atoms with E-state index in [1.807, 2.05) is 29.2 Å². The number of carbonyl (C=O) groups is 1. The van der Waals surface area contributed by atoms with Gasteiger partial charge in [0.1, 0.15) is 36.1 Å². The number of piperidine rings is 1. The van der Waals surface area contributed by atoms with Crippen molar-refractivity contribution in [1.82, 2.24) is 9.80 Å². The molecule has 208 valence electrons. The predicted octanol–water partition coefficient (Wildman–Crippen LogP) is 1.77. The summed E-state index contributed by atoms with van der Waals surface area (Å²) in [6.07, 6.45) is 1.14. The fraction of sp³-hybridized carbons (Fsp3) is 0.536. The van der Waals surface area contributed by atoms with Crippen LogP contribution in [0.15, 0.2) is 48.5 Å². The van der Waals surface area contributed by atoms with E-state index in [1.165, 1.54) is 25.3 Å². The van der Waals surface area contributed by atoms with Gasteiger partial charge in [-0.25, -0.2) is 4.39 Å². The molecule has 0 aliphatic carbocycles. The smallest absolute Gasteiger partial charge is 0.248 e. The number of benzene rings is 2. The van der Waals surface area contributed by atoms with E-state index in [-0.39, 0.29) is 32.2 Å². The third kappa shape index (κ3) is 7.35. The number of halogens is 1. The second-order valence-corrected chi connectivity index (χ2v) is 10.3. The molecule has 0 aromatic heterocycles. The Morgan fingerprint density at radius 2 is 1.68 bits per heavy atom. The molecular weight excluding hydrogens is 493 g/mol. The number of ether oxygens (including phenoxy) is 3. The fourth-order valence-electron chi connectivity index (χ4n) is 5.22. The van der Waals surface area contributed by atoms with Crippen molar-refractivity contribution in [1.29, 1.82) is 0 Å². The van der Waals surface area contributed by atoms with Gasteiger partial charge in [-0.05, 0) is 49.2 Å². The first-order valence-corrected chi connectivity index (χ1v) is 12.9. The molecule has 9 nitrogen and oxygen atoms in total. The highest BCUT2D eigenvalue weighted by Gasteiger charge is 2.41. The maximum Gasteiger partial charge on any atom is 0.248 e. The number of carbonyl (C=O) groups excluding carboxylic acids is 1. The Morgan fingerprint density at radius 1 is 0.947 bits per heavy atom. The lowest BCUT2D eigenvalue weighted by Gasteiger charge is -2.42. The highest BCUT2D eigenvalue weighted by Crippen LogP contribution is 2.29. The molecule has 0 saturated carbocycles. The van der Waals surface area contributed by atoms with E-state index in [0.29, 0.717) is 51.3 Å². The lowest BCUT2D eigenvalue weighted by molar-refractivity contribution is -0.138. The van der Waals surface area contributed by atoms with Crippen molar-refractivity contribution < 1.29 is 33.6 Å². The van der Waals surface area contributed by atoms with Gasteiger partial charge in [-0.1, -0.05) is 6.07 Å². The van der Waals surface area contributed by atoms with E-state index < -0.39 is 17.0 Å². The summed E-state index contributed by atoms with van der Waals surface area (Å²) in [5.74, 6) is 0.436. The summed E-state index contributed by atoms with van der Waals surface area (Å²) >= 11 is 0. The van der Waals surface area contributed by atoms with Crippen LogP contribution in [-0.2, 0) is 9.53 Å². The van der Waals surface area contributed by atoms with E-state index in [9.17, 15) is 19.4 Å². The average molecular weight is 532 g/mol. The van der Waals surface area contributed by atoms with Crippen LogP contribution < -0.4 is 14.4 Å². The first kappa shape index (κ1) is 28.1. The molecule has 38 heavy (non-hydrogen) atoms. The van der Waals surface area contributed by atoms with Crippen LogP contribution in [0.25, 0.3) is 0 Å². The molecule has 2 aliphatic heterocycles. The van der Waals surface area contributed by atoms with Gasteiger partial charge in [0, 0.05) is 58.1 Å². The van der Waals surface area contributed by atoms with Crippen molar-refractivity contribution in [2.24, 2.45) is 0 Å². The number of β-amino-alcohol motifs (C(OH)–C–C–N with tert-alkyl or cyclic N) is 2. The molecule has 0 radical (unpaired) electrons. The van der Waals surface area contributed by atoms with E-state index >= 15 is 0 Å². The Morgan fingerprint density at radius 3 is 2.34 bits per heavy atom. The normalized spacial score (nSPS) is 22.1. The first-order valence-electron chi connectivity index (χ1n) is 12.9. The molecule has 0 bridgehead atoms. The monoisotopic (exact) mass is 531 g/mol. The van der Waals surface area contributed by atoms with Crippen molar-refractivity contribution in [2.75, 3.05) is 78.1 Å². The number of rotatable bonds is 9. The lowest BCUT2D eigenvalue weighted by atomic mass is 9.90. The van der Waals surface area contributed by atoms with Gasteiger partial charge in [-0.15, -0.1) is 0 Å². The largest absolute Gasteiger partial charge is 0.497 e. The second kappa shape index (κ2) is 12.3. The maximum atomic E-state index is 13.6. The molecular formula is C28H38FN3O6. The zero-order chi connectivity index (χ0) is 27.2. The van der Waals surface area contributed by atoms with Crippen LogP contribution in [0.2, 0.25) is 0 Å². The minimum absolute atomic E-state index is 0.0463. The van der Waals surface area contributed by atoms with Gasteiger partial charge in [0.05, 0.1) is 19.3 Å². The van der Waals surface area contributed by atoms with Gasteiger partial charge < -0.3 is 34.2 Å². The second-order valence-electron chi connectivity index (χ2n) is 10.3. The summed E-state index contributed by atoms with van der Waals surface area (Å²) in [4.78, 5) is 18.4. The molecule has 1 unspecified atom stereocenters. The molecule has 2 saturated heterocycles. The Balaban J connectivity index is 1.41. The molecule has 2 aromatic rings. The zero-order valence-corrected chi connectivity index (χ0v) is 22.1. The quantitative estimate of drug-likeness (QED) is 0.506. The van der Waals surface area contributed by atoms with Crippen molar-refractivity contribution in [3.8, 4) is 11.5 Å². The Labute approximate surface area is 223 Å². The lowest BCUT2D eigenvalue weighted by Crippen LogP contribution is -2.56. The van der Waals surface area contributed by atoms with Crippen LogP contribution in [0, 0.1) is 5.82 Å². The summed E-state index contributed by atoms with van der Waals surface area (Å²) in [6.45, 7) is 2.65. The number of hydrogen-bond acceptors (Lipinski definition) is 8. The van der Waals surface area contributed by atoms with Crippen molar-refractivity contribution in [2.45, 2.75) is 24.0 Å². The SMILES string of the molecule is COCC(=O)N1CCN(CC2(O)CCN(c3ccc(OC)cc3)CC2)CC(O)(COc2cccc(F)c2)C1. The maximum absolute atomic E-state index is 13.6. The number of amides is 1. The minimum atomic E-state index is -1.42. The van der Waals surface area contributed by atoms with Gasteiger partial charge in [-0.3, -0.25) is 9.69 Å². The van der Waals surface area contributed by atoms with Gasteiger partial charge in [0.25, 0.3) is 0 Å². The molecule has 0 spiro atoms. The van der Waals surface area contributed by atoms with Crippen molar-refractivity contribution in [3.05, 3.63) is 54.3 Å². The summed E-state index contributed by atoms with van der Waals surface area (Å²) in [7, 11) is 3.09. The Hall–Kier alpha value is -2.92. The number of nitrogens with zero attached hydrogens (tertiary/aromatic N) is 3. The number of anilines is 1. The van der Waals surface area contributed by atoms with E-state index in [2.05, 4.69) is 4.90 Å². The summed E-state index contributed by atoms with van der Waals surface area (Å²) in [5.41, 5.74) is -1.27. The van der Waals surface area contributed by atoms with E-state index in [4.69, 9.17) is 14.2 Å². The summed E-state index contributed by atoms with van der Waals surface area (Å²) in [6, 6.07) is 13.6. The van der Waals surface area contributed by atoms with Gasteiger partial charge in [-0.2, -0.15) is 0 Å². The van der Waals surface area contributed by atoms with E-state index in [0.717, 1.165) is 11.4 Å². The number of aliphatic hydroxyl groups is 2. The zero-order valence-electron chi connectivity index (χ0n) is 22.1. The van der Waals surface area contributed by atoms with Crippen LogP contribution in [0.3, 0.4) is 0 Å². The van der Waals surface area contributed by atoms with Crippen LogP contribution in [0.4, 0.5) is 10.1 Å².